The van der Waals surface area contributed by atoms with E-state index in [4.69, 9.17) is 10.5 Å². The zero-order chi connectivity index (χ0) is 12.5. The van der Waals surface area contributed by atoms with E-state index in [0.29, 0.717) is 12.6 Å². The molecule has 2 N–H and O–H groups in total. The number of anilines is 1. The van der Waals surface area contributed by atoms with Crippen molar-refractivity contribution in [3.63, 3.8) is 0 Å². The minimum Gasteiger partial charge on any atom is -0.399 e. The van der Waals surface area contributed by atoms with Crippen LogP contribution in [0.3, 0.4) is 0 Å². The topological polar surface area (TPSA) is 53.1 Å². The van der Waals surface area contributed by atoms with Gasteiger partial charge in [0, 0.05) is 18.3 Å². The zero-order valence-corrected chi connectivity index (χ0v) is 10.7. The van der Waals surface area contributed by atoms with Crippen LogP contribution in [0.4, 0.5) is 5.69 Å². The third-order valence-electron chi connectivity index (χ3n) is 3.28. The molecule has 3 rings (SSSR count). The zero-order valence-electron chi connectivity index (χ0n) is 10.7. The molecule has 4 nitrogen and oxygen atoms in total. The van der Waals surface area contributed by atoms with Gasteiger partial charge in [0.05, 0.1) is 11.0 Å². The van der Waals surface area contributed by atoms with Gasteiger partial charge in [0.2, 0.25) is 0 Å². The summed E-state index contributed by atoms with van der Waals surface area (Å²) in [6.07, 6.45) is 3.51. The number of fused-ring (bicyclic) bond motifs is 1. The lowest BCUT2D eigenvalue weighted by Crippen LogP contribution is -2.04. The summed E-state index contributed by atoms with van der Waals surface area (Å²) >= 11 is 0. The van der Waals surface area contributed by atoms with E-state index in [1.807, 2.05) is 18.2 Å². The van der Waals surface area contributed by atoms with Crippen molar-refractivity contribution in [2.24, 2.45) is 0 Å². The van der Waals surface area contributed by atoms with Gasteiger partial charge in [0.15, 0.2) is 0 Å². The van der Waals surface area contributed by atoms with Crippen LogP contribution in [0.1, 0.15) is 38.1 Å². The normalized spacial score (nSPS) is 15.4. The largest absolute Gasteiger partial charge is 0.399 e. The molecule has 0 aliphatic heterocycles. The molecule has 0 spiro atoms. The summed E-state index contributed by atoms with van der Waals surface area (Å²) in [5.41, 5.74) is 8.83. The van der Waals surface area contributed by atoms with Gasteiger partial charge < -0.3 is 15.0 Å². The van der Waals surface area contributed by atoms with E-state index < -0.39 is 0 Å². The maximum Gasteiger partial charge on any atom is 0.136 e. The second-order valence-corrected chi connectivity index (χ2v) is 4.93. The molecule has 0 bridgehead atoms. The Morgan fingerprint density at radius 1 is 1.44 bits per heavy atom. The average molecular weight is 245 g/mol. The number of hydrogen-bond acceptors (Lipinski definition) is 3. The Bertz CT molecular complexity index is 557. The minimum absolute atomic E-state index is 0.594. The summed E-state index contributed by atoms with van der Waals surface area (Å²) in [7, 11) is 0. The molecule has 1 aromatic heterocycles. The number of ether oxygens (including phenoxy) is 1. The van der Waals surface area contributed by atoms with Crippen LogP contribution in [-0.4, -0.2) is 16.2 Å². The first-order valence-corrected chi connectivity index (χ1v) is 6.63. The summed E-state index contributed by atoms with van der Waals surface area (Å²) in [4.78, 5) is 4.67. The van der Waals surface area contributed by atoms with Crippen molar-refractivity contribution in [2.75, 3.05) is 12.3 Å². The highest BCUT2D eigenvalue weighted by atomic mass is 16.5. The molecule has 4 heteroatoms. The van der Waals surface area contributed by atoms with Gasteiger partial charge in [-0.15, -0.1) is 0 Å². The number of imidazole rings is 1. The summed E-state index contributed by atoms with van der Waals surface area (Å²) in [5, 5.41) is 0. The Morgan fingerprint density at radius 2 is 2.28 bits per heavy atom. The maximum atomic E-state index is 5.87. The molecule has 1 fully saturated rings. The number of benzene rings is 1. The second kappa shape index (κ2) is 4.61. The highest BCUT2D eigenvalue weighted by Gasteiger charge is 2.28. The van der Waals surface area contributed by atoms with E-state index in [0.717, 1.165) is 35.6 Å². The minimum atomic E-state index is 0.594. The van der Waals surface area contributed by atoms with Gasteiger partial charge >= 0.3 is 0 Å². The molecule has 18 heavy (non-hydrogen) atoms. The molecule has 1 aliphatic rings. The van der Waals surface area contributed by atoms with E-state index in [9.17, 15) is 0 Å². The number of aromatic nitrogens is 2. The summed E-state index contributed by atoms with van der Waals surface area (Å²) < 4.78 is 7.94. The fourth-order valence-corrected chi connectivity index (χ4v) is 2.31. The lowest BCUT2D eigenvalue weighted by molar-refractivity contribution is 0.114. The van der Waals surface area contributed by atoms with Crippen LogP contribution < -0.4 is 5.73 Å². The van der Waals surface area contributed by atoms with Crippen molar-refractivity contribution in [3.05, 3.63) is 24.0 Å². The van der Waals surface area contributed by atoms with Crippen LogP contribution in [0.15, 0.2) is 18.2 Å². The van der Waals surface area contributed by atoms with Crippen molar-refractivity contribution in [1.82, 2.24) is 9.55 Å². The molecule has 0 unspecified atom stereocenters. The third kappa shape index (κ3) is 2.08. The monoisotopic (exact) mass is 245 g/mol. The summed E-state index contributed by atoms with van der Waals surface area (Å²) in [5.74, 6) is 1.03. The highest BCUT2D eigenvalue weighted by Crippen LogP contribution is 2.39. The van der Waals surface area contributed by atoms with Gasteiger partial charge in [-0.25, -0.2) is 4.98 Å². The average Bonchev–Trinajstić information content (AvgIpc) is 3.12. The molecular formula is C14H19N3O. The fourth-order valence-electron chi connectivity index (χ4n) is 2.31. The van der Waals surface area contributed by atoms with E-state index >= 15 is 0 Å². The molecule has 1 aromatic carbocycles. The van der Waals surface area contributed by atoms with Crippen LogP contribution in [0.5, 0.6) is 0 Å². The molecule has 1 saturated carbocycles. The molecular weight excluding hydrogens is 226 g/mol. The molecule has 0 amide bonds. The second-order valence-electron chi connectivity index (χ2n) is 4.93. The predicted octanol–water partition coefficient (Wildman–Crippen LogP) is 2.88. The van der Waals surface area contributed by atoms with Crippen LogP contribution in [-0.2, 0) is 11.3 Å². The fraction of sp³-hybridized carbons (Fsp3) is 0.500. The van der Waals surface area contributed by atoms with Gasteiger partial charge in [-0.1, -0.05) is 6.92 Å². The molecule has 0 radical (unpaired) electrons. The molecule has 1 aliphatic carbocycles. The van der Waals surface area contributed by atoms with E-state index in [-0.39, 0.29) is 0 Å². The first kappa shape index (κ1) is 11.5. The molecule has 0 saturated heterocycles. The number of rotatable bonds is 5. The van der Waals surface area contributed by atoms with Crippen molar-refractivity contribution in [2.45, 2.75) is 38.8 Å². The lowest BCUT2D eigenvalue weighted by atomic mass is 10.3. The number of nitrogens with two attached hydrogens (primary N) is 1. The summed E-state index contributed by atoms with van der Waals surface area (Å²) in [6.45, 7) is 3.50. The van der Waals surface area contributed by atoms with Crippen molar-refractivity contribution in [1.29, 1.82) is 0 Å². The lowest BCUT2D eigenvalue weighted by Gasteiger charge is -2.08. The standard InChI is InChI=1S/C14H19N3O/c1-2-7-18-9-14-16-12-6-3-10(15)8-13(12)17(14)11-4-5-11/h3,6,8,11H,2,4-5,7,9,15H2,1H3. The highest BCUT2D eigenvalue weighted by molar-refractivity contribution is 5.80. The Hall–Kier alpha value is -1.55. The number of nitrogens with zero attached hydrogens (tertiary/aromatic N) is 2. The van der Waals surface area contributed by atoms with E-state index in [1.54, 1.807) is 0 Å². The third-order valence-corrected chi connectivity index (χ3v) is 3.28. The maximum absolute atomic E-state index is 5.87. The van der Waals surface area contributed by atoms with E-state index in [1.165, 1.54) is 12.8 Å². The molecule has 96 valence electrons. The molecule has 0 atom stereocenters. The Balaban J connectivity index is 1.98. The van der Waals surface area contributed by atoms with Gasteiger partial charge in [-0.05, 0) is 37.5 Å². The van der Waals surface area contributed by atoms with Crippen LogP contribution in [0.2, 0.25) is 0 Å². The van der Waals surface area contributed by atoms with E-state index in [2.05, 4.69) is 16.5 Å². The first-order chi connectivity index (χ1) is 8.79. The van der Waals surface area contributed by atoms with Crippen LogP contribution >= 0.6 is 0 Å². The van der Waals surface area contributed by atoms with Crippen molar-refractivity contribution >= 4 is 16.7 Å². The van der Waals surface area contributed by atoms with Crippen LogP contribution in [0.25, 0.3) is 11.0 Å². The Labute approximate surface area is 107 Å². The van der Waals surface area contributed by atoms with Crippen molar-refractivity contribution in [3.8, 4) is 0 Å². The van der Waals surface area contributed by atoms with Gasteiger partial charge in [0.1, 0.15) is 12.4 Å². The van der Waals surface area contributed by atoms with Crippen molar-refractivity contribution < 1.29 is 4.74 Å². The van der Waals surface area contributed by atoms with Crippen LogP contribution in [0, 0.1) is 0 Å². The number of hydrogen-bond donors (Lipinski definition) is 1. The molecule has 1 heterocycles. The number of nitrogen functional groups attached to an aromatic ring is 1. The smallest absolute Gasteiger partial charge is 0.136 e. The van der Waals surface area contributed by atoms with Gasteiger partial charge in [-0.2, -0.15) is 0 Å². The SMILES string of the molecule is CCCOCc1nc2ccc(N)cc2n1C1CC1. The molecule has 2 aromatic rings. The Morgan fingerprint density at radius 3 is 3.00 bits per heavy atom. The first-order valence-electron chi connectivity index (χ1n) is 6.63. The Kier molecular flexibility index (Phi) is 2.96. The summed E-state index contributed by atoms with van der Waals surface area (Å²) in [6, 6.07) is 6.51. The predicted molar refractivity (Wildman–Crippen MR) is 72.4 cm³/mol. The van der Waals surface area contributed by atoms with Gasteiger partial charge in [-0.3, -0.25) is 0 Å². The van der Waals surface area contributed by atoms with Gasteiger partial charge in [0.25, 0.3) is 0 Å². The quantitative estimate of drug-likeness (QED) is 0.651.